The number of nitrogens with two attached hydrogens (primary N) is 1. The predicted molar refractivity (Wildman–Crippen MR) is 108 cm³/mol. The summed E-state index contributed by atoms with van der Waals surface area (Å²) >= 11 is 0. The molecule has 0 aliphatic heterocycles. The molecule has 0 spiro atoms. The van der Waals surface area contributed by atoms with Crippen LogP contribution >= 0.6 is 0 Å². The second kappa shape index (κ2) is 7.42. The maximum atomic E-state index is 6.19. The SMILES string of the molecule is NCC(c1ccccc1)c1cc(Oc2ccccc2)cc2ccccc12. The van der Waals surface area contributed by atoms with Crippen LogP contribution in [0, 0.1) is 0 Å². The van der Waals surface area contributed by atoms with Crippen LogP contribution in [0.3, 0.4) is 0 Å². The van der Waals surface area contributed by atoms with E-state index < -0.39 is 0 Å². The van der Waals surface area contributed by atoms with Crippen LogP contribution in [0.25, 0.3) is 10.8 Å². The van der Waals surface area contributed by atoms with Crippen molar-refractivity contribution in [2.24, 2.45) is 5.73 Å². The maximum Gasteiger partial charge on any atom is 0.128 e. The molecule has 128 valence electrons. The lowest BCUT2D eigenvalue weighted by Gasteiger charge is -2.20. The second-order valence-corrected chi connectivity index (χ2v) is 6.35. The van der Waals surface area contributed by atoms with E-state index in [1.807, 2.05) is 36.4 Å². The molecule has 0 aliphatic carbocycles. The number of hydrogen-bond donors (Lipinski definition) is 1. The molecule has 4 rings (SSSR count). The Labute approximate surface area is 153 Å². The van der Waals surface area contributed by atoms with Gasteiger partial charge in [0.1, 0.15) is 11.5 Å². The first-order valence-corrected chi connectivity index (χ1v) is 8.86. The highest BCUT2D eigenvalue weighted by Crippen LogP contribution is 2.35. The van der Waals surface area contributed by atoms with Gasteiger partial charge >= 0.3 is 0 Å². The summed E-state index contributed by atoms with van der Waals surface area (Å²) in [6.45, 7) is 0.544. The number of rotatable bonds is 5. The van der Waals surface area contributed by atoms with Crippen molar-refractivity contribution in [1.82, 2.24) is 0 Å². The molecule has 4 aromatic rings. The molecule has 4 aromatic carbocycles. The molecule has 0 bridgehead atoms. The standard InChI is InChI=1S/C24H21NO/c25-17-24(18-9-3-1-4-10-18)23-16-21(26-20-12-5-2-6-13-20)15-19-11-7-8-14-22(19)23/h1-16,24H,17,25H2. The van der Waals surface area contributed by atoms with Gasteiger partial charge in [0, 0.05) is 12.5 Å². The van der Waals surface area contributed by atoms with Crippen LogP contribution in [0.15, 0.2) is 97.1 Å². The fraction of sp³-hybridized carbons (Fsp3) is 0.0833. The molecule has 2 heteroatoms. The summed E-state index contributed by atoms with van der Waals surface area (Å²) < 4.78 is 6.12. The largest absolute Gasteiger partial charge is 0.457 e. The molecular formula is C24H21NO. The molecule has 0 aliphatic rings. The Morgan fingerprint density at radius 2 is 1.35 bits per heavy atom. The monoisotopic (exact) mass is 339 g/mol. The average molecular weight is 339 g/mol. The zero-order chi connectivity index (χ0) is 17.8. The van der Waals surface area contributed by atoms with E-state index in [0.717, 1.165) is 16.9 Å². The van der Waals surface area contributed by atoms with Crippen LogP contribution in [-0.2, 0) is 0 Å². The lowest BCUT2D eigenvalue weighted by molar-refractivity contribution is 0.482. The van der Waals surface area contributed by atoms with Crippen LogP contribution in [0.2, 0.25) is 0 Å². The lowest BCUT2D eigenvalue weighted by Crippen LogP contribution is -2.14. The third-order valence-corrected chi connectivity index (χ3v) is 4.66. The van der Waals surface area contributed by atoms with E-state index in [0.29, 0.717) is 6.54 Å². The lowest BCUT2D eigenvalue weighted by atomic mass is 9.87. The smallest absolute Gasteiger partial charge is 0.128 e. The molecule has 0 amide bonds. The molecule has 0 saturated carbocycles. The highest BCUT2D eigenvalue weighted by Gasteiger charge is 2.17. The quantitative estimate of drug-likeness (QED) is 0.504. The van der Waals surface area contributed by atoms with Gasteiger partial charge in [-0.25, -0.2) is 0 Å². The van der Waals surface area contributed by atoms with E-state index in [1.54, 1.807) is 0 Å². The van der Waals surface area contributed by atoms with Crippen molar-refractivity contribution in [2.45, 2.75) is 5.92 Å². The van der Waals surface area contributed by atoms with Crippen molar-refractivity contribution < 1.29 is 4.74 Å². The van der Waals surface area contributed by atoms with E-state index in [1.165, 1.54) is 16.5 Å². The molecule has 0 fully saturated rings. The summed E-state index contributed by atoms with van der Waals surface area (Å²) in [5, 5.41) is 2.37. The van der Waals surface area contributed by atoms with Gasteiger partial charge in [0.05, 0.1) is 0 Å². The molecule has 0 saturated heterocycles. The van der Waals surface area contributed by atoms with Crippen molar-refractivity contribution in [1.29, 1.82) is 0 Å². The Morgan fingerprint density at radius 3 is 2.08 bits per heavy atom. The molecular weight excluding hydrogens is 318 g/mol. The predicted octanol–water partition coefficient (Wildman–Crippen LogP) is 5.72. The van der Waals surface area contributed by atoms with Crippen LogP contribution in [-0.4, -0.2) is 6.54 Å². The first-order valence-electron chi connectivity index (χ1n) is 8.86. The van der Waals surface area contributed by atoms with Gasteiger partial charge < -0.3 is 10.5 Å². The zero-order valence-electron chi connectivity index (χ0n) is 14.5. The average Bonchev–Trinajstić information content (AvgIpc) is 2.70. The molecule has 1 atom stereocenters. The van der Waals surface area contributed by atoms with E-state index in [-0.39, 0.29) is 5.92 Å². The number of fused-ring (bicyclic) bond motifs is 1. The molecule has 2 nitrogen and oxygen atoms in total. The Hall–Kier alpha value is -3.10. The molecule has 2 N–H and O–H groups in total. The fourth-order valence-electron chi connectivity index (χ4n) is 3.41. The van der Waals surface area contributed by atoms with Crippen LogP contribution in [0.1, 0.15) is 17.0 Å². The summed E-state index contributed by atoms with van der Waals surface area (Å²) in [5.74, 6) is 1.79. The summed E-state index contributed by atoms with van der Waals surface area (Å²) in [6, 6.07) is 32.9. The molecule has 0 heterocycles. The van der Waals surface area contributed by atoms with E-state index in [9.17, 15) is 0 Å². The van der Waals surface area contributed by atoms with E-state index >= 15 is 0 Å². The van der Waals surface area contributed by atoms with Gasteiger partial charge in [-0.1, -0.05) is 72.8 Å². The molecule has 0 aromatic heterocycles. The Balaban J connectivity index is 1.84. The van der Waals surface area contributed by atoms with Crippen molar-refractivity contribution in [3.8, 4) is 11.5 Å². The zero-order valence-corrected chi connectivity index (χ0v) is 14.5. The number of benzene rings is 4. The normalized spacial score (nSPS) is 12.0. The molecule has 26 heavy (non-hydrogen) atoms. The van der Waals surface area contributed by atoms with Crippen LogP contribution < -0.4 is 10.5 Å². The second-order valence-electron chi connectivity index (χ2n) is 6.35. The summed E-state index contributed by atoms with van der Waals surface area (Å²) in [7, 11) is 0. The van der Waals surface area contributed by atoms with Gasteiger partial charge in [-0.05, 0) is 46.2 Å². The number of hydrogen-bond acceptors (Lipinski definition) is 2. The van der Waals surface area contributed by atoms with Gasteiger partial charge in [0.15, 0.2) is 0 Å². The van der Waals surface area contributed by atoms with Crippen LogP contribution in [0.5, 0.6) is 11.5 Å². The van der Waals surface area contributed by atoms with Gasteiger partial charge in [-0.2, -0.15) is 0 Å². The fourth-order valence-corrected chi connectivity index (χ4v) is 3.41. The summed E-state index contributed by atoms with van der Waals surface area (Å²) in [6.07, 6.45) is 0. The van der Waals surface area contributed by atoms with Gasteiger partial charge in [-0.15, -0.1) is 0 Å². The highest BCUT2D eigenvalue weighted by atomic mass is 16.5. The van der Waals surface area contributed by atoms with Crippen LogP contribution in [0.4, 0.5) is 0 Å². The minimum absolute atomic E-state index is 0.125. The molecule has 1 unspecified atom stereocenters. The maximum absolute atomic E-state index is 6.19. The first kappa shape index (κ1) is 16.4. The summed E-state index contributed by atoms with van der Waals surface area (Å²) in [5.41, 5.74) is 8.61. The minimum Gasteiger partial charge on any atom is -0.457 e. The van der Waals surface area contributed by atoms with Crippen molar-refractivity contribution in [3.05, 3.63) is 108 Å². The topological polar surface area (TPSA) is 35.2 Å². The molecule has 0 radical (unpaired) electrons. The highest BCUT2D eigenvalue weighted by molar-refractivity contribution is 5.88. The third kappa shape index (κ3) is 3.32. The van der Waals surface area contributed by atoms with Gasteiger partial charge in [-0.3, -0.25) is 0 Å². The number of para-hydroxylation sites is 1. The summed E-state index contributed by atoms with van der Waals surface area (Å²) in [4.78, 5) is 0. The third-order valence-electron chi connectivity index (χ3n) is 4.66. The van der Waals surface area contributed by atoms with Gasteiger partial charge in [0.2, 0.25) is 0 Å². The van der Waals surface area contributed by atoms with E-state index in [2.05, 4.69) is 60.7 Å². The Bertz CT molecular complexity index is 996. The van der Waals surface area contributed by atoms with Crippen molar-refractivity contribution in [2.75, 3.05) is 6.54 Å². The Kier molecular flexibility index (Phi) is 4.67. The van der Waals surface area contributed by atoms with Crippen molar-refractivity contribution in [3.63, 3.8) is 0 Å². The Morgan fingerprint density at radius 1 is 0.692 bits per heavy atom. The number of ether oxygens (including phenoxy) is 1. The first-order chi connectivity index (χ1) is 12.8. The van der Waals surface area contributed by atoms with Gasteiger partial charge in [0.25, 0.3) is 0 Å². The minimum atomic E-state index is 0.125. The van der Waals surface area contributed by atoms with E-state index in [4.69, 9.17) is 10.5 Å². The van der Waals surface area contributed by atoms with Crippen molar-refractivity contribution >= 4 is 10.8 Å².